The molecule has 1 aliphatic heterocycles. The van der Waals surface area contributed by atoms with Gasteiger partial charge in [-0.3, -0.25) is 0 Å². The van der Waals surface area contributed by atoms with Crippen LogP contribution in [0.15, 0.2) is 17.4 Å². The number of ketones is 1. The second-order valence-corrected chi connectivity index (χ2v) is 4.97. The summed E-state index contributed by atoms with van der Waals surface area (Å²) in [5.41, 5.74) is 7.29. The number of carbonyl (C=O) groups is 1. The van der Waals surface area contributed by atoms with Gasteiger partial charge in [0.25, 0.3) is 0 Å². The van der Waals surface area contributed by atoms with Crippen LogP contribution >= 0.6 is 0 Å². The van der Waals surface area contributed by atoms with Crippen LogP contribution in [-0.4, -0.2) is 36.6 Å². The van der Waals surface area contributed by atoms with E-state index in [4.69, 9.17) is 5.73 Å². The number of nitrogens with zero attached hydrogens (tertiary/aromatic N) is 6. The molecule has 1 atom stereocenters. The van der Waals surface area contributed by atoms with Gasteiger partial charge < -0.3 is 10.5 Å². The maximum absolute atomic E-state index is 11.1. The summed E-state index contributed by atoms with van der Waals surface area (Å²) in [6, 6.07) is 0. The van der Waals surface area contributed by atoms with Gasteiger partial charge in [-0.2, -0.15) is 10.2 Å². The Bertz CT molecular complexity index is 720. The van der Waals surface area contributed by atoms with Crippen LogP contribution in [0.25, 0.3) is 0 Å². The Morgan fingerprint density at radius 2 is 2.05 bits per heavy atom. The number of Topliss-reactive ketones (excluding diaryl/α,β-unsaturated/α-hetero) is 1. The molecule has 0 radical (unpaired) electrons. The Morgan fingerprint density at radius 1 is 1.33 bits per heavy atom. The SMILES string of the molecule is CC(=O)CCc1nc(N)c2c(n1)C(C)C(n1nccn1)=N2. The molecule has 8 nitrogen and oxygen atoms in total. The van der Waals surface area contributed by atoms with Crippen molar-refractivity contribution in [2.45, 2.75) is 32.6 Å². The summed E-state index contributed by atoms with van der Waals surface area (Å²) in [6.07, 6.45) is 4.06. The minimum atomic E-state index is -0.0752. The van der Waals surface area contributed by atoms with Gasteiger partial charge in [-0.1, -0.05) is 0 Å². The maximum Gasteiger partial charge on any atom is 0.160 e. The minimum absolute atomic E-state index is 0.0752. The zero-order chi connectivity index (χ0) is 15.0. The number of aliphatic imine (C=N–C) groups is 1. The van der Waals surface area contributed by atoms with Gasteiger partial charge in [0.05, 0.1) is 24.0 Å². The molecule has 0 aromatic carbocycles. The van der Waals surface area contributed by atoms with Crippen molar-refractivity contribution in [3.63, 3.8) is 0 Å². The Hall–Kier alpha value is -2.64. The van der Waals surface area contributed by atoms with Gasteiger partial charge >= 0.3 is 0 Å². The molecule has 0 aliphatic carbocycles. The number of anilines is 1. The first kappa shape index (κ1) is 13.3. The van der Waals surface area contributed by atoms with Crippen LogP contribution < -0.4 is 5.73 Å². The third kappa shape index (κ3) is 2.39. The van der Waals surface area contributed by atoms with Gasteiger partial charge in [-0.15, -0.1) is 4.80 Å². The number of aromatic nitrogens is 5. The minimum Gasteiger partial charge on any atom is -0.382 e. The lowest BCUT2D eigenvalue weighted by Crippen LogP contribution is -2.19. The predicted octanol–water partition coefficient (Wildman–Crippen LogP) is 0.867. The second kappa shape index (κ2) is 5.04. The number of carbonyl (C=O) groups excluding carboxylic acids is 1. The van der Waals surface area contributed by atoms with Crippen molar-refractivity contribution in [1.82, 2.24) is 25.0 Å². The number of nitrogens with two attached hydrogens (primary N) is 1. The van der Waals surface area contributed by atoms with Gasteiger partial charge in [-0.05, 0) is 13.8 Å². The van der Waals surface area contributed by atoms with Gasteiger partial charge in [0.1, 0.15) is 17.3 Å². The molecule has 0 amide bonds. The molecule has 21 heavy (non-hydrogen) atoms. The quantitative estimate of drug-likeness (QED) is 0.895. The van der Waals surface area contributed by atoms with Crippen LogP contribution in [0.3, 0.4) is 0 Å². The monoisotopic (exact) mass is 285 g/mol. The molecule has 108 valence electrons. The maximum atomic E-state index is 11.1. The molecule has 2 N–H and O–H groups in total. The Balaban J connectivity index is 1.95. The van der Waals surface area contributed by atoms with Crippen LogP contribution in [0.2, 0.25) is 0 Å². The van der Waals surface area contributed by atoms with Crippen molar-refractivity contribution in [3.05, 3.63) is 23.9 Å². The van der Waals surface area contributed by atoms with Crippen molar-refractivity contribution in [3.8, 4) is 0 Å². The molecular formula is C13H15N7O. The molecule has 3 rings (SSSR count). The Labute approximate surface area is 121 Å². The number of rotatable bonds is 3. The van der Waals surface area contributed by atoms with E-state index in [0.29, 0.717) is 36.0 Å². The lowest BCUT2D eigenvalue weighted by atomic mass is 10.1. The van der Waals surface area contributed by atoms with Crippen molar-refractivity contribution in [2.75, 3.05) is 5.73 Å². The van der Waals surface area contributed by atoms with Crippen LogP contribution in [-0.2, 0) is 11.2 Å². The molecule has 2 aromatic rings. The summed E-state index contributed by atoms with van der Waals surface area (Å²) in [6.45, 7) is 3.51. The Morgan fingerprint density at radius 3 is 2.71 bits per heavy atom. The first-order chi connectivity index (χ1) is 10.1. The third-order valence-corrected chi connectivity index (χ3v) is 3.33. The number of hydrogen-bond donors (Lipinski definition) is 1. The summed E-state index contributed by atoms with van der Waals surface area (Å²) < 4.78 is 0. The first-order valence-corrected chi connectivity index (χ1v) is 6.67. The zero-order valence-corrected chi connectivity index (χ0v) is 11.8. The smallest absolute Gasteiger partial charge is 0.160 e. The van der Waals surface area contributed by atoms with Crippen LogP contribution in [0.1, 0.15) is 37.7 Å². The number of nitrogen functional groups attached to an aromatic ring is 1. The predicted molar refractivity (Wildman–Crippen MR) is 76.4 cm³/mol. The normalized spacial score (nSPS) is 16.7. The highest BCUT2D eigenvalue weighted by atomic mass is 16.1. The van der Waals surface area contributed by atoms with E-state index in [-0.39, 0.29) is 11.7 Å². The molecule has 0 bridgehead atoms. The van der Waals surface area contributed by atoms with Crippen molar-refractivity contribution in [2.24, 2.45) is 4.99 Å². The van der Waals surface area contributed by atoms with E-state index in [1.165, 1.54) is 4.80 Å². The fourth-order valence-corrected chi connectivity index (χ4v) is 2.24. The molecule has 1 unspecified atom stereocenters. The summed E-state index contributed by atoms with van der Waals surface area (Å²) in [5, 5.41) is 8.17. The van der Waals surface area contributed by atoms with Gasteiger partial charge in [0.2, 0.25) is 0 Å². The fourth-order valence-electron chi connectivity index (χ4n) is 2.24. The lowest BCUT2D eigenvalue weighted by Gasteiger charge is -2.08. The molecule has 3 heterocycles. The molecule has 1 aliphatic rings. The van der Waals surface area contributed by atoms with E-state index in [1.807, 2.05) is 6.92 Å². The summed E-state index contributed by atoms with van der Waals surface area (Å²) >= 11 is 0. The molecule has 8 heteroatoms. The molecule has 0 saturated heterocycles. The van der Waals surface area contributed by atoms with Crippen LogP contribution in [0.4, 0.5) is 11.5 Å². The summed E-state index contributed by atoms with van der Waals surface area (Å²) in [7, 11) is 0. The molecule has 2 aromatic heterocycles. The van der Waals surface area contributed by atoms with E-state index in [9.17, 15) is 4.79 Å². The number of fused-ring (bicyclic) bond motifs is 1. The van der Waals surface area contributed by atoms with Gasteiger partial charge in [-0.25, -0.2) is 15.0 Å². The van der Waals surface area contributed by atoms with Gasteiger partial charge in [0, 0.05) is 12.8 Å². The fraction of sp³-hybridized carbons (Fsp3) is 0.385. The van der Waals surface area contributed by atoms with E-state index in [1.54, 1.807) is 19.3 Å². The molecule has 0 spiro atoms. The van der Waals surface area contributed by atoms with Crippen LogP contribution in [0.5, 0.6) is 0 Å². The van der Waals surface area contributed by atoms with E-state index < -0.39 is 0 Å². The number of hydrogen-bond acceptors (Lipinski definition) is 7. The first-order valence-electron chi connectivity index (χ1n) is 6.67. The highest BCUT2D eigenvalue weighted by Gasteiger charge is 2.30. The largest absolute Gasteiger partial charge is 0.382 e. The Kier molecular flexibility index (Phi) is 3.20. The van der Waals surface area contributed by atoms with Crippen LogP contribution in [0, 0.1) is 0 Å². The number of aryl methyl sites for hydroxylation is 1. The van der Waals surface area contributed by atoms with E-state index in [0.717, 1.165) is 5.69 Å². The average Bonchev–Trinajstić information content (AvgIpc) is 3.05. The van der Waals surface area contributed by atoms with Crippen molar-refractivity contribution < 1.29 is 4.79 Å². The highest BCUT2D eigenvalue weighted by Crippen LogP contribution is 2.37. The third-order valence-electron chi connectivity index (χ3n) is 3.33. The molecule has 0 fully saturated rings. The highest BCUT2D eigenvalue weighted by molar-refractivity contribution is 5.97. The lowest BCUT2D eigenvalue weighted by molar-refractivity contribution is -0.117. The average molecular weight is 285 g/mol. The zero-order valence-electron chi connectivity index (χ0n) is 11.8. The van der Waals surface area contributed by atoms with Gasteiger partial charge in [0.15, 0.2) is 11.7 Å². The van der Waals surface area contributed by atoms with E-state index >= 15 is 0 Å². The summed E-state index contributed by atoms with van der Waals surface area (Å²) in [4.78, 5) is 25.7. The standard InChI is InChI=1S/C13H15N7O/c1-7(21)3-4-9-17-10-8(2)13(20-15-5-6-16-20)19-11(10)12(14)18-9/h5-6,8H,3-4H2,1-2H3,(H2,14,17,18). The van der Waals surface area contributed by atoms with Crippen molar-refractivity contribution >= 4 is 23.1 Å². The molecule has 0 saturated carbocycles. The molecular weight excluding hydrogens is 270 g/mol. The summed E-state index contributed by atoms with van der Waals surface area (Å²) in [5.74, 6) is 1.59. The van der Waals surface area contributed by atoms with E-state index in [2.05, 4.69) is 25.2 Å². The van der Waals surface area contributed by atoms with Crippen molar-refractivity contribution in [1.29, 1.82) is 0 Å². The second-order valence-electron chi connectivity index (χ2n) is 4.97. The topological polar surface area (TPSA) is 112 Å².